The maximum atomic E-state index is 12.1. The van der Waals surface area contributed by atoms with Crippen LogP contribution in [0.25, 0.3) is 0 Å². The number of nitrogens with zero attached hydrogens (tertiary/aromatic N) is 1. The first-order chi connectivity index (χ1) is 8.88. The third kappa shape index (κ3) is 3.52. The quantitative estimate of drug-likeness (QED) is 0.680. The van der Waals surface area contributed by atoms with Gasteiger partial charge in [-0.2, -0.15) is 0 Å². The van der Waals surface area contributed by atoms with Crippen LogP contribution in [0, 0.1) is 0 Å². The van der Waals surface area contributed by atoms with E-state index in [2.05, 4.69) is 0 Å². The van der Waals surface area contributed by atoms with Crippen LogP contribution in [0.4, 0.5) is 5.69 Å². The van der Waals surface area contributed by atoms with Gasteiger partial charge in [-0.25, -0.2) is 0 Å². The Bertz CT molecular complexity index is 457. The molecule has 0 aliphatic heterocycles. The fourth-order valence-corrected chi connectivity index (χ4v) is 1.65. The molecule has 0 bridgehead atoms. The number of hydrogen-bond donors (Lipinski definition) is 3. The summed E-state index contributed by atoms with van der Waals surface area (Å²) in [6, 6.07) is 5.10. The zero-order valence-corrected chi connectivity index (χ0v) is 11.0. The predicted octanol–water partition coefficient (Wildman–Crippen LogP) is -0.267. The maximum absolute atomic E-state index is 12.1. The zero-order chi connectivity index (χ0) is 14.6. The van der Waals surface area contributed by atoms with Crippen LogP contribution in [0.2, 0.25) is 0 Å². The molecule has 19 heavy (non-hydrogen) atoms. The summed E-state index contributed by atoms with van der Waals surface area (Å²) in [4.78, 5) is 24.7. The molecule has 6 nitrogen and oxygen atoms in total. The maximum Gasteiger partial charge on any atom is 0.244 e. The Labute approximate surface area is 112 Å². The van der Waals surface area contributed by atoms with Gasteiger partial charge in [-0.15, -0.1) is 0 Å². The number of carbonyl (C=O) groups excluding carboxylic acids is 2. The summed E-state index contributed by atoms with van der Waals surface area (Å²) in [5.41, 5.74) is 12.1. The summed E-state index contributed by atoms with van der Waals surface area (Å²) in [5, 5.41) is 8.99. The van der Waals surface area contributed by atoms with Gasteiger partial charge in [-0.3, -0.25) is 14.5 Å². The van der Waals surface area contributed by atoms with Crippen LogP contribution in [0.1, 0.15) is 19.4 Å². The Morgan fingerprint density at radius 3 is 2.16 bits per heavy atom. The van der Waals surface area contributed by atoms with Crippen molar-refractivity contribution in [1.82, 2.24) is 0 Å². The molecule has 2 amide bonds. The summed E-state index contributed by atoms with van der Waals surface area (Å²) in [6.45, 7) is 3.00. The lowest BCUT2D eigenvalue weighted by Gasteiger charge is -2.28. The minimum absolute atomic E-state index is 0.0904. The van der Waals surface area contributed by atoms with Gasteiger partial charge in [0.1, 0.15) is 6.04 Å². The molecule has 1 aromatic rings. The standard InChI is InChI=1S/C13H19N3O3/c1-8(14)13(19)16(9(2)12(15)18)11-5-3-10(7-17)4-6-11/h3-6,8-9,17H,7,14H2,1-2H3,(H2,15,18)/t8-,9-/m0/s1. The lowest BCUT2D eigenvalue weighted by Crippen LogP contribution is -2.51. The molecule has 5 N–H and O–H groups in total. The van der Waals surface area contributed by atoms with Crippen LogP contribution in [0.5, 0.6) is 0 Å². The topological polar surface area (TPSA) is 110 Å². The number of hydrogen-bond acceptors (Lipinski definition) is 4. The van der Waals surface area contributed by atoms with Crippen LogP contribution in [-0.2, 0) is 16.2 Å². The first kappa shape index (κ1) is 15.1. The summed E-state index contributed by atoms with van der Waals surface area (Å²) < 4.78 is 0. The summed E-state index contributed by atoms with van der Waals surface area (Å²) in [5.74, 6) is -0.997. The molecular weight excluding hydrogens is 246 g/mol. The molecule has 0 spiro atoms. The minimum atomic E-state index is -0.793. The number of benzene rings is 1. The van der Waals surface area contributed by atoms with E-state index in [9.17, 15) is 9.59 Å². The molecule has 0 unspecified atom stereocenters. The molecule has 0 aliphatic rings. The minimum Gasteiger partial charge on any atom is -0.392 e. The van der Waals surface area contributed by atoms with E-state index in [-0.39, 0.29) is 12.5 Å². The molecule has 0 heterocycles. The molecule has 0 fully saturated rings. The number of carbonyl (C=O) groups is 2. The van der Waals surface area contributed by atoms with E-state index in [1.165, 1.54) is 4.90 Å². The zero-order valence-electron chi connectivity index (χ0n) is 11.0. The van der Waals surface area contributed by atoms with Crippen molar-refractivity contribution in [1.29, 1.82) is 0 Å². The first-order valence-corrected chi connectivity index (χ1v) is 5.96. The van der Waals surface area contributed by atoms with Gasteiger partial charge in [0.05, 0.1) is 12.6 Å². The van der Waals surface area contributed by atoms with E-state index < -0.39 is 18.0 Å². The second-order valence-corrected chi connectivity index (χ2v) is 4.40. The molecule has 2 atom stereocenters. The fraction of sp³-hybridized carbons (Fsp3) is 0.385. The van der Waals surface area contributed by atoms with Crippen molar-refractivity contribution >= 4 is 17.5 Å². The lowest BCUT2D eigenvalue weighted by atomic mass is 10.1. The van der Waals surface area contributed by atoms with E-state index in [1.54, 1.807) is 38.1 Å². The molecule has 0 saturated heterocycles. The van der Waals surface area contributed by atoms with Gasteiger partial charge in [0.2, 0.25) is 11.8 Å². The van der Waals surface area contributed by atoms with Crippen LogP contribution in [0.15, 0.2) is 24.3 Å². The summed E-state index contributed by atoms with van der Waals surface area (Å²) in [7, 11) is 0. The molecule has 104 valence electrons. The predicted molar refractivity (Wildman–Crippen MR) is 72.2 cm³/mol. The normalized spacial score (nSPS) is 13.7. The number of rotatable bonds is 5. The highest BCUT2D eigenvalue weighted by Crippen LogP contribution is 2.19. The number of primary amides is 1. The fourth-order valence-electron chi connectivity index (χ4n) is 1.65. The van der Waals surface area contributed by atoms with Crippen LogP contribution < -0.4 is 16.4 Å². The van der Waals surface area contributed by atoms with E-state index in [0.29, 0.717) is 11.3 Å². The second kappa shape index (κ2) is 6.31. The molecule has 6 heteroatoms. The highest BCUT2D eigenvalue weighted by Gasteiger charge is 2.27. The van der Waals surface area contributed by atoms with Crippen molar-refractivity contribution in [2.24, 2.45) is 11.5 Å². The van der Waals surface area contributed by atoms with Gasteiger partial charge >= 0.3 is 0 Å². The van der Waals surface area contributed by atoms with Gasteiger partial charge in [0.25, 0.3) is 0 Å². The van der Waals surface area contributed by atoms with Gasteiger partial charge in [-0.1, -0.05) is 12.1 Å². The molecule has 1 aromatic carbocycles. The monoisotopic (exact) mass is 265 g/mol. The van der Waals surface area contributed by atoms with Crippen LogP contribution >= 0.6 is 0 Å². The number of nitrogens with two attached hydrogens (primary N) is 2. The SMILES string of the molecule is C[C@H](N)C(=O)N(c1ccc(CO)cc1)[C@@H](C)C(N)=O. The second-order valence-electron chi connectivity index (χ2n) is 4.40. The number of amides is 2. The smallest absolute Gasteiger partial charge is 0.244 e. The average Bonchev–Trinajstić information content (AvgIpc) is 2.39. The van der Waals surface area contributed by atoms with Gasteiger partial charge in [-0.05, 0) is 31.5 Å². The molecule has 0 saturated carbocycles. The first-order valence-electron chi connectivity index (χ1n) is 5.96. The number of anilines is 1. The van der Waals surface area contributed by atoms with Crippen LogP contribution in [0.3, 0.4) is 0 Å². The Balaban J connectivity index is 3.14. The van der Waals surface area contributed by atoms with Gasteiger partial charge in [0, 0.05) is 5.69 Å². The highest BCUT2D eigenvalue weighted by molar-refractivity contribution is 6.02. The van der Waals surface area contributed by atoms with E-state index in [4.69, 9.17) is 16.6 Å². The van der Waals surface area contributed by atoms with Crippen molar-refractivity contribution in [2.45, 2.75) is 32.5 Å². The van der Waals surface area contributed by atoms with Crippen molar-refractivity contribution in [3.05, 3.63) is 29.8 Å². The average molecular weight is 265 g/mol. The van der Waals surface area contributed by atoms with E-state index >= 15 is 0 Å². The van der Waals surface area contributed by atoms with E-state index in [0.717, 1.165) is 0 Å². The van der Waals surface area contributed by atoms with Crippen molar-refractivity contribution < 1.29 is 14.7 Å². The Hall–Kier alpha value is -1.92. The molecule has 0 radical (unpaired) electrons. The number of aliphatic hydroxyl groups is 1. The van der Waals surface area contributed by atoms with E-state index in [1.807, 2.05) is 0 Å². The Kier molecular flexibility index (Phi) is 5.02. The molecule has 0 aromatic heterocycles. The third-order valence-corrected chi connectivity index (χ3v) is 2.82. The third-order valence-electron chi connectivity index (χ3n) is 2.82. The van der Waals surface area contributed by atoms with Crippen LogP contribution in [-0.4, -0.2) is 29.0 Å². The van der Waals surface area contributed by atoms with Crippen molar-refractivity contribution in [2.75, 3.05) is 4.90 Å². The lowest BCUT2D eigenvalue weighted by molar-refractivity contribution is -0.124. The van der Waals surface area contributed by atoms with Gasteiger partial charge < -0.3 is 16.6 Å². The molecular formula is C13H19N3O3. The largest absolute Gasteiger partial charge is 0.392 e. The summed E-state index contributed by atoms with van der Waals surface area (Å²) in [6.07, 6.45) is 0. The number of aliphatic hydroxyl groups excluding tert-OH is 1. The Morgan fingerprint density at radius 1 is 1.26 bits per heavy atom. The van der Waals surface area contributed by atoms with Gasteiger partial charge in [0.15, 0.2) is 0 Å². The Morgan fingerprint density at radius 2 is 1.79 bits per heavy atom. The molecule has 0 aliphatic carbocycles. The summed E-state index contributed by atoms with van der Waals surface area (Å²) >= 11 is 0. The molecule has 1 rings (SSSR count). The van der Waals surface area contributed by atoms with Crippen molar-refractivity contribution in [3.8, 4) is 0 Å². The highest BCUT2D eigenvalue weighted by atomic mass is 16.3. The van der Waals surface area contributed by atoms with Crippen molar-refractivity contribution in [3.63, 3.8) is 0 Å².